The number of benzene rings is 2. The van der Waals surface area contributed by atoms with Crippen LogP contribution in [0.15, 0.2) is 51.8 Å². The number of fused-ring (bicyclic) bond motifs is 1. The molecule has 3 aromatic rings. The van der Waals surface area contributed by atoms with Gasteiger partial charge in [-0.1, -0.05) is 12.1 Å². The van der Waals surface area contributed by atoms with Crippen molar-refractivity contribution in [1.82, 2.24) is 4.31 Å². The summed E-state index contributed by atoms with van der Waals surface area (Å²) in [5.41, 5.74) is 2.48. The molecule has 0 spiro atoms. The van der Waals surface area contributed by atoms with Gasteiger partial charge in [0.25, 0.3) is 0 Å². The van der Waals surface area contributed by atoms with Crippen LogP contribution in [0.2, 0.25) is 0 Å². The van der Waals surface area contributed by atoms with Gasteiger partial charge in [-0.15, -0.1) is 0 Å². The van der Waals surface area contributed by atoms with Crippen LogP contribution in [0.4, 0.5) is 5.88 Å². The fourth-order valence-corrected chi connectivity index (χ4v) is 4.73. The molecule has 7 nitrogen and oxygen atoms in total. The molecule has 1 aromatic heterocycles. The third-order valence-electron chi connectivity index (χ3n) is 4.84. The van der Waals surface area contributed by atoms with Crippen LogP contribution >= 0.6 is 0 Å². The average molecular weight is 402 g/mol. The second-order valence-electron chi connectivity index (χ2n) is 6.50. The Kier molecular flexibility index (Phi) is 5.01. The lowest BCUT2D eigenvalue weighted by Gasteiger charge is -2.26. The van der Waals surface area contributed by atoms with Crippen molar-refractivity contribution in [2.75, 3.05) is 45.8 Å². The van der Waals surface area contributed by atoms with Crippen LogP contribution < -0.4 is 10.1 Å². The highest BCUT2D eigenvalue weighted by molar-refractivity contribution is 7.89. The molecule has 4 rings (SSSR count). The third-order valence-corrected chi connectivity index (χ3v) is 6.76. The van der Waals surface area contributed by atoms with E-state index in [9.17, 15) is 8.42 Å². The molecule has 0 aliphatic carbocycles. The summed E-state index contributed by atoms with van der Waals surface area (Å²) >= 11 is 0. The van der Waals surface area contributed by atoms with Crippen molar-refractivity contribution >= 4 is 26.9 Å². The quantitative estimate of drug-likeness (QED) is 0.706. The van der Waals surface area contributed by atoms with Crippen molar-refractivity contribution in [3.8, 4) is 16.9 Å². The second kappa shape index (κ2) is 7.46. The molecule has 2 heterocycles. The van der Waals surface area contributed by atoms with Gasteiger partial charge in [-0.3, -0.25) is 0 Å². The second-order valence-corrected chi connectivity index (χ2v) is 8.44. The van der Waals surface area contributed by atoms with Crippen LogP contribution in [0.25, 0.3) is 22.1 Å². The van der Waals surface area contributed by atoms with Crippen LogP contribution in [0.5, 0.6) is 5.75 Å². The predicted octanol–water partition coefficient (Wildman–Crippen LogP) is 3.17. The molecule has 0 radical (unpaired) electrons. The lowest BCUT2D eigenvalue weighted by atomic mass is 10.0. The highest BCUT2D eigenvalue weighted by atomic mass is 32.2. The zero-order valence-corrected chi connectivity index (χ0v) is 16.6. The standard InChI is InChI=1S/C20H22N2O5S/c1-21-19-13-16-11-15(12-18(25-2)20(16)27-19)14-3-5-17(6-4-14)28(23,24)22-7-9-26-10-8-22/h3-6,11-13,21H,7-10H2,1-2H3. The Morgan fingerprint density at radius 1 is 1.04 bits per heavy atom. The molecule has 0 bridgehead atoms. The predicted molar refractivity (Wildman–Crippen MR) is 107 cm³/mol. The first kappa shape index (κ1) is 18.8. The van der Waals surface area contributed by atoms with Crippen LogP contribution in [0.1, 0.15) is 0 Å². The Morgan fingerprint density at radius 3 is 2.39 bits per heavy atom. The van der Waals surface area contributed by atoms with Gasteiger partial charge in [-0.2, -0.15) is 4.31 Å². The van der Waals surface area contributed by atoms with E-state index in [0.717, 1.165) is 16.5 Å². The summed E-state index contributed by atoms with van der Waals surface area (Å²) in [5, 5.41) is 3.89. The Bertz CT molecular complexity index is 1080. The maximum absolute atomic E-state index is 12.8. The Morgan fingerprint density at radius 2 is 1.75 bits per heavy atom. The number of sulfonamides is 1. The van der Waals surface area contributed by atoms with Crippen molar-refractivity contribution < 1.29 is 22.3 Å². The average Bonchev–Trinajstić information content (AvgIpc) is 3.17. The van der Waals surface area contributed by atoms with Crippen molar-refractivity contribution in [2.45, 2.75) is 4.90 Å². The number of methoxy groups -OCH3 is 1. The summed E-state index contributed by atoms with van der Waals surface area (Å²) in [7, 11) is -0.117. The van der Waals surface area contributed by atoms with Gasteiger partial charge in [0, 0.05) is 31.6 Å². The molecule has 1 saturated heterocycles. The Hall–Kier alpha value is -2.55. The van der Waals surface area contributed by atoms with E-state index in [-0.39, 0.29) is 4.90 Å². The van der Waals surface area contributed by atoms with Gasteiger partial charge < -0.3 is 19.2 Å². The van der Waals surface area contributed by atoms with Crippen LogP contribution in [0, 0.1) is 0 Å². The van der Waals surface area contributed by atoms with Gasteiger partial charge >= 0.3 is 0 Å². The first-order valence-corrected chi connectivity index (χ1v) is 10.4. The summed E-state index contributed by atoms with van der Waals surface area (Å²) in [4.78, 5) is 0.284. The van der Waals surface area contributed by atoms with Crippen molar-refractivity contribution in [3.05, 3.63) is 42.5 Å². The molecule has 0 saturated carbocycles. The van der Waals surface area contributed by atoms with E-state index in [1.54, 1.807) is 26.3 Å². The number of morpholine rings is 1. The number of hydrogen-bond donors (Lipinski definition) is 1. The van der Waals surface area contributed by atoms with E-state index in [1.165, 1.54) is 4.31 Å². The summed E-state index contributed by atoms with van der Waals surface area (Å²) in [6.07, 6.45) is 0. The summed E-state index contributed by atoms with van der Waals surface area (Å²) in [6, 6.07) is 12.7. The molecule has 28 heavy (non-hydrogen) atoms. The number of anilines is 1. The van der Waals surface area contributed by atoms with Crippen molar-refractivity contribution in [3.63, 3.8) is 0 Å². The molecule has 1 aliphatic rings. The Labute approximate surface area is 163 Å². The topological polar surface area (TPSA) is 81.0 Å². The number of nitrogens with zero attached hydrogens (tertiary/aromatic N) is 1. The van der Waals surface area contributed by atoms with Crippen LogP contribution in [-0.4, -0.2) is 53.2 Å². The number of nitrogens with one attached hydrogen (secondary N) is 1. The largest absolute Gasteiger partial charge is 0.493 e. The first-order chi connectivity index (χ1) is 13.5. The maximum atomic E-state index is 12.8. The number of hydrogen-bond acceptors (Lipinski definition) is 6. The molecular weight excluding hydrogens is 380 g/mol. The summed E-state index contributed by atoms with van der Waals surface area (Å²) < 4.78 is 43.5. The first-order valence-electron chi connectivity index (χ1n) is 9.00. The zero-order chi connectivity index (χ0) is 19.7. The molecule has 0 amide bonds. The molecule has 2 aromatic carbocycles. The molecule has 148 valence electrons. The minimum atomic E-state index is -3.50. The molecule has 1 aliphatic heterocycles. The Balaban J connectivity index is 1.68. The van der Waals surface area contributed by atoms with E-state index < -0.39 is 10.0 Å². The number of furan rings is 1. The van der Waals surface area contributed by atoms with Gasteiger partial charge in [-0.05, 0) is 35.4 Å². The normalized spacial score (nSPS) is 15.6. The minimum absolute atomic E-state index is 0.284. The number of ether oxygens (including phenoxy) is 2. The molecule has 1 N–H and O–H groups in total. The lowest BCUT2D eigenvalue weighted by Crippen LogP contribution is -2.40. The van der Waals surface area contributed by atoms with Gasteiger partial charge in [0.05, 0.1) is 25.2 Å². The minimum Gasteiger partial charge on any atom is -0.493 e. The van der Waals surface area contributed by atoms with E-state index in [1.807, 2.05) is 30.3 Å². The number of rotatable bonds is 5. The third kappa shape index (κ3) is 3.34. The smallest absolute Gasteiger partial charge is 0.243 e. The van der Waals surface area contributed by atoms with Crippen molar-refractivity contribution in [1.29, 1.82) is 0 Å². The fraction of sp³-hybridized carbons (Fsp3) is 0.300. The molecule has 8 heteroatoms. The molecule has 0 unspecified atom stereocenters. The van der Waals surface area contributed by atoms with Gasteiger partial charge in [0.15, 0.2) is 17.2 Å². The SMILES string of the molecule is CNc1cc2cc(-c3ccc(S(=O)(=O)N4CCOCC4)cc3)cc(OC)c2o1. The van der Waals surface area contributed by atoms with E-state index in [2.05, 4.69) is 5.32 Å². The van der Waals surface area contributed by atoms with Crippen molar-refractivity contribution in [2.24, 2.45) is 0 Å². The van der Waals surface area contributed by atoms with E-state index in [0.29, 0.717) is 43.5 Å². The highest BCUT2D eigenvalue weighted by Crippen LogP contribution is 2.36. The van der Waals surface area contributed by atoms with Gasteiger partial charge in [-0.25, -0.2) is 8.42 Å². The summed E-state index contributed by atoms with van der Waals surface area (Å²) in [6.45, 7) is 1.62. The van der Waals surface area contributed by atoms with Gasteiger partial charge in [0.2, 0.25) is 10.0 Å². The highest BCUT2D eigenvalue weighted by Gasteiger charge is 2.26. The van der Waals surface area contributed by atoms with Gasteiger partial charge in [0.1, 0.15) is 0 Å². The summed E-state index contributed by atoms with van der Waals surface area (Å²) in [5.74, 6) is 1.27. The monoisotopic (exact) mass is 402 g/mol. The fourth-order valence-electron chi connectivity index (χ4n) is 3.32. The van der Waals surface area contributed by atoms with Crippen LogP contribution in [-0.2, 0) is 14.8 Å². The molecule has 1 fully saturated rings. The van der Waals surface area contributed by atoms with Crippen LogP contribution in [0.3, 0.4) is 0 Å². The van der Waals surface area contributed by atoms with E-state index in [4.69, 9.17) is 13.9 Å². The molecule has 0 atom stereocenters. The zero-order valence-electron chi connectivity index (χ0n) is 15.8. The molecular formula is C20H22N2O5S. The van der Waals surface area contributed by atoms with E-state index >= 15 is 0 Å². The maximum Gasteiger partial charge on any atom is 0.243 e. The lowest BCUT2D eigenvalue weighted by molar-refractivity contribution is 0.0730.